The summed E-state index contributed by atoms with van der Waals surface area (Å²) in [6.07, 6.45) is 1.24. The number of morpholine rings is 1. The summed E-state index contributed by atoms with van der Waals surface area (Å²) in [6, 6.07) is 0. The van der Waals surface area contributed by atoms with Gasteiger partial charge in [-0.15, -0.1) is 11.3 Å². The van der Waals surface area contributed by atoms with Gasteiger partial charge in [0.1, 0.15) is 0 Å². The molecule has 0 bridgehead atoms. The van der Waals surface area contributed by atoms with Crippen LogP contribution < -0.4 is 0 Å². The van der Waals surface area contributed by atoms with Gasteiger partial charge in [-0.2, -0.15) is 0 Å². The van der Waals surface area contributed by atoms with Crippen LogP contribution in [0.2, 0.25) is 0 Å². The Kier molecular flexibility index (Phi) is 5.30. The van der Waals surface area contributed by atoms with Crippen LogP contribution in [0, 0.1) is 0 Å². The smallest absolute Gasteiger partial charge is 0.308 e. The Hall–Kier alpha value is -0.980. The highest BCUT2D eigenvalue weighted by atomic mass is 32.1. The van der Waals surface area contributed by atoms with E-state index in [1.165, 1.54) is 12.1 Å². The number of aryl methyl sites for hydroxylation is 1. The molecule has 0 aromatic carbocycles. The molecule has 1 aromatic heterocycles. The lowest BCUT2D eigenvalue weighted by molar-refractivity contribution is -0.145. The number of rotatable bonds is 5. The first kappa shape index (κ1) is 14.4. The minimum Gasteiger partial charge on any atom is -0.469 e. The van der Waals surface area contributed by atoms with E-state index in [-0.39, 0.29) is 12.1 Å². The molecule has 0 radical (unpaired) electrons. The molecule has 6 heteroatoms. The van der Waals surface area contributed by atoms with Crippen molar-refractivity contribution in [3.8, 4) is 0 Å². The molecule has 1 unspecified atom stereocenters. The Morgan fingerprint density at radius 3 is 3.21 bits per heavy atom. The van der Waals surface area contributed by atoms with Crippen LogP contribution in [-0.4, -0.2) is 48.8 Å². The maximum absolute atomic E-state index is 11.3. The lowest BCUT2D eigenvalue weighted by Crippen LogP contribution is -2.42. The third-order valence-corrected chi connectivity index (χ3v) is 4.17. The van der Waals surface area contributed by atoms with Crippen molar-refractivity contribution >= 4 is 17.3 Å². The molecule has 106 valence electrons. The van der Waals surface area contributed by atoms with E-state index in [1.54, 1.807) is 11.3 Å². The predicted octanol–water partition coefficient (Wildman–Crippen LogP) is 1.47. The van der Waals surface area contributed by atoms with Crippen LogP contribution in [0.15, 0.2) is 5.38 Å². The van der Waals surface area contributed by atoms with Gasteiger partial charge in [0.2, 0.25) is 0 Å². The molecule has 1 aliphatic rings. The van der Waals surface area contributed by atoms with Gasteiger partial charge in [-0.05, 0) is 6.42 Å². The van der Waals surface area contributed by atoms with Crippen LogP contribution in [0.1, 0.15) is 24.0 Å². The number of ether oxygens (including phenoxy) is 2. The van der Waals surface area contributed by atoms with Gasteiger partial charge in [0.15, 0.2) is 0 Å². The molecule has 1 aliphatic heterocycles. The summed E-state index contributed by atoms with van der Waals surface area (Å²) in [7, 11) is 1.41. The highest BCUT2D eigenvalue weighted by Gasteiger charge is 2.23. The Morgan fingerprint density at radius 2 is 2.53 bits per heavy atom. The summed E-state index contributed by atoms with van der Waals surface area (Å²) in [4.78, 5) is 18.1. The average Bonchev–Trinajstić information content (AvgIpc) is 2.86. The van der Waals surface area contributed by atoms with Crippen LogP contribution in [0.3, 0.4) is 0 Å². The molecule has 1 fully saturated rings. The lowest BCUT2D eigenvalue weighted by atomic mass is 10.2. The Balaban J connectivity index is 1.85. The van der Waals surface area contributed by atoms with Gasteiger partial charge in [0.05, 0.1) is 36.9 Å². The number of carbonyl (C=O) groups excluding carboxylic acids is 1. The maximum Gasteiger partial charge on any atom is 0.308 e. The molecule has 1 saturated heterocycles. The second-order valence-electron chi connectivity index (χ2n) is 4.59. The zero-order chi connectivity index (χ0) is 13.7. The minimum absolute atomic E-state index is 0.0644. The van der Waals surface area contributed by atoms with E-state index >= 15 is 0 Å². The van der Waals surface area contributed by atoms with Gasteiger partial charge in [0, 0.05) is 25.0 Å². The van der Waals surface area contributed by atoms with E-state index in [1.807, 2.05) is 0 Å². The Labute approximate surface area is 117 Å². The largest absolute Gasteiger partial charge is 0.469 e. The fourth-order valence-electron chi connectivity index (χ4n) is 2.13. The number of esters is 1. The number of hydrogen-bond acceptors (Lipinski definition) is 6. The second-order valence-corrected chi connectivity index (χ2v) is 5.54. The number of carbonyl (C=O) groups is 1. The van der Waals surface area contributed by atoms with Crippen molar-refractivity contribution < 1.29 is 14.3 Å². The molecule has 0 amide bonds. The molecule has 0 N–H and O–H groups in total. The molecule has 0 saturated carbocycles. The van der Waals surface area contributed by atoms with E-state index in [4.69, 9.17) is 4.74 Å². The highest BCUT2D eigenvalue weighted by molar-refractivity contribution is 7.09. The van der Waals surface area contributed by atoms with Crippen molar-refractivity contribution in [1.82, 2.24) is 9.88 Å². The predicted molar refractivity (Wildman–Crippen MR) is 73.1 cm³/mol. The summed E-state index contributed by atoms with van der Waals surface area (Å²) in [6.45, 7) is 5.25. The monoisotopic (exact) mass is 284 g/mol. The zero-order valence-corrected chi connectivity index (χ0v) is 12.2. The molecule has 1 atom stereocenters. The van der Waals surface area contributed by atoms with Crippen molar-refractivity contribution in [3.05, 3.63) is 16.1 Å². The summed E-state index contributed by atoms with van der Waals surface area (Å²) >= 11 is 1.71. The number of thiazole rings is 1. The molecular weight excluding hydrogens is 264 g/mol. The van der Waals surface area contributed by atoms with Crippen molar-refractivity contribution in [2.75, 3.05) is 26.8 Å². The fourth-order valence-corrected chi connectivity index (χ4v) is 2.87. The molecular formula is C13H20N2O3S. The standard InChI is InChI=1S/C13H20N2O3S/c1-3-12-14-10(9-19-12)7-15-4-5-18-11(8-15)6-13(16)17-2/h9,11H,3-8H2,1-2H3. The molecule has 5 nitrogen and oxygen atoms in total. The number of hydrogen-bond donors (Lipinski definition) is 0. The average molecular weight is 284 g/mol. The molecule has 19 heavy (non-hydrogen) atoms. The molecule has 1 aromatic rings. The summed E-state index contributed by atoms with van der Waals surface area (Å²) in [5.74, 6) is -0.214. The van der Waals surface area contributed by atoms with Crippen molar-refractivity contribution in [1.29, 1.82) is 0 Å². The van der Waals surface area contributed by atoms with Gasteiger partial charge in [-0.1, -0.05) is 6.92 Å². The summed E-state index contributed by atoms with van der Waals surface area (Å²) in [5.41, 5.74) is 1.11. The molecule has 0 spiro atoms. The van der Waals surface area contributed by atoms with Crippen LogP contribution in [0.5, 0.6) is 0 Å². The summed E-state index contributed by atoms with van der Waals surface area (Å²) < 4.78 is 10.3. The maximum atomic E-state index is 11.3. The van der Waals surface area contributed by atoms with Crippen molar-refractivity contribution in [2.45, 2.75) is 32.4 Å². The molecule has 2 heterocycles. The summed E-state index contributed by atoms with van der Waals surface area (Å²) in [5, 5.41) is 3.29. The fraction of sp³-hybridized carbons (Fsp3) is 0.692. The normalized spacial score (nSPS) is 20.4. The third kappa shape index (κ3) is 4.26. The zero-order valence-electron chi connectivity index (χ0n) is 11.4. The quantitative estimate of drug-likeness (QED) is 0.766. The van der Waals surface area contributed by atoms with E-state index in [0.29, 0.717) is 13.0 Å². The van der Waals surface area contributed by atoms with Crippen molar-refractivity contribution in [2.24, 2.45) is 0 Å². The van der Waals surface area contributed by atoms with Gasteiger partial charge in [-0.3, -0.25) is 9.69 Å². The first-order valence-electron chi connectivity index (χ1n) is 6.55. The van der Waals surface area contributed by atoms with Crippen LogP contribution in [0.4, 0.5) is 0 Å². The van der Waals surface area contributed by atoms with Crippen LogP contribution in [0.25, 0.3) is 0 Å². The topological polar surface area (TPSA) is 51.7 Å². The van der Waals surface area contributed by atoms with Crippen molar-refractivity contribution in [3.63, 3.8) is 0 Å². The van der Waals surface area contributed by atoms with E-state index < -0.39 is 0 Å². The van der Waals surface area contributed by atoms with E-state index in [2.05, 4.69) is 26.9 Å². The Morgan fingerprint density at radius 1 is 1.68 bits per heavy atom. The Bertz CT molecular complexity index is 422. The van der Waals surface area contributed by atoms with Gasteiger partial charge in [0.25, 0.3) is 0 Å². The molecule has 2 rings (SSSR count). The molecule has 0 aliphatic carbocycles. The highest BCUT2D eigenvalue weighted by Crippen LogP contribution is 2.15. The SMILES string of the molecule is CCc1nc(CN2CCOC(CC(=O)OC)C2)cs1. The number of nitrogens with zero attached hydrogens (tertiary/aromatic N) is 2. The first-order valence-corrected chi connectivity index (χ1v) is 7.43. The third-order valence-electron chi connectivity index (χ3n) is 3.13. The number of methoxy groups -OCH3 is 1. The lowest BCUT2D eigenvalue weighted by Gasteiger charge is -2.31. The van der Waals surface area contributed by atoms with Gasteiger partial charge >= 0.3 is 5.97 Å². The van der Waals surface area contributed by atoms with Crippen LogP contribution >= 0.6 is 11.3 Å². The van der Waals surface area contributed by atoms with Gasteiger partial charge < -0.3 is 9.47 Å². The first-order chi connectivity index (χ1) is 9.21. The minimum atomic E-state index is -0.214. The van der Waals surface area contributed by atoms with E-state index in [9.17, 15) is 4.79 Å². The number of aromatic nitrogens is 1. The van der Waals surface area contributed by atoms with E-state index in [0.717, 1.165) is 31.7 Å². The van der Waals surface area contributed by atoms with Gasteiger partial charge in [-0.25, -0.2) is 4.98 Å². The second kappa shape index (κ2) is 6.98. The van der Waals surface area contributed by atoms with Crippen LogP contribution in [-0.2, 0) is 27.2 Å².